The molecule has 1 aliphatic heterocycles. The Balaban J connectivity index is 2.68. The van der Waals surface area contributed by atoms with E-state index in [1.165, 1.54) is 0 Å². The summed E-state index contributed by atoms with van der Waals surface area (Å²) < 4.78 is 40.6. The molecule has 4 N–H and O–H groups in total. The highest BCUT2D eigenvalue weighted by atomic mass is 32.2. The zero-order valence-corrected chi connectivity index (χ0v) is 11.4. The highest BCUT2D eigenvalue weighted by Crippen LogP contribution is 2.23. The van der Waals surface area contributed by atoms with Gasteiger partial charge in [-0.2, -0.15) is 8.42 Å². The van der Waals surface area contributed by atoms with Crippen molar-refractivity contribution in [2.75, 3.05) is 12.4 Å². The van der Waals surface area contributed by atoms with Crippen LogP contribution in [0, 0.1) is 0 Å². The maximum Gasteiger partial charge on any atom is 0.267 e. The molecule has 1 rings (SSSR count). The fraction of sp³-hybridized carbons (Fsp3) is 1.00. The summed E-state index contributed by atoms with van der Waals surface area (Å²) >= 11 is 0. The molecule has 8 nitrogen and oxygen atoms in total. The topological polar surface area (TPSA) is 134 Å². The standard InChI is InChI=1S/C10H20O8S/c1-2-3-4-17-10-9(13)8(12)7(11)6(18-10)5-19(14,15)16/h6-13H,2-5H2,1H3,(H,14,15,16)/t6-,7-,8+,9-,10?/m1/s1. The Morgan fingerprint density at radius 2 is 1.79 bits per heavy atom. The molecule has 0 bridgehead atoms. The second-order valence-corrected chi connectivity index (χ2v) is 5.98. The smallest absolute Gasteiger partial charge is 0.267 e. The van der Waals surface area contributed by atoms with Crippen LogP contribution < -0.4 is 0 Å². The number of hydrogen-bond donors (Lipinski definition) is 4. The first kappa shape index (κ1) is 16.8. The molecular formula is C10H20O8S. The molecule has 9 heteroatoms. The van der Waals surface area contributed by atoms with E-state index in [1.807, 2.05) is 6.92 Å². The molecule has 0 spiro atoms. The van der Waals surface area contributed by atoms with Crippen molar-refractivity contribution in [3.63, 3.8) is 0 Å². The van der Waals surface area contributed by atoms with Crippen LogP contribution in [0.5, 0.6) is 0 Å². The maximum atomic E-state index is 10.8. The zero-order valence-electron chi connectivity index (χ0n) is 10.5. The zero-order chi connectivity index (χ0) is 14.6. The van der Waals surface area contributed by atoms with Crippen molar-refractivity contribution in [3.8, 4) is 0 Å². The van der Waals surface area contributed by atoms with Crippen molar-refractivity contribution in [1.82, 2.24) is 0 Å². The molecule has 0 aromatic rings. The summed E-state index contributed by atoms with van der Waals surface area (Å²) in [5.74, 6) is -0.883. The summed E-state index contributed by atoms with van der Waals surface area (Å²) in [6, 6.07) is 0. The third-order valence-corrected chi connectivity index (χ3v) is 3.57. The minimum absolute atomic E-state index is 0.264. The predicted molar refractivity (Wildman–Crippen MR) is 64.0 cm³/mol. The Bertz CT molecular complexity index is 370. The van der Waals surface area contributed by atoms with Gasteiger partial charge < -0.3 is 24.8 Å². The largest absolute Gasteiger partial charge is 0.388 e. The molecule has 0 amide bonds. The lowest BCUT2D eigenvalue weighted by atomic mass is 10.00. The number of rotatable bonds is 6. The Kier molecular flexibility index (Phi) is 6.12. The molecule has 0 radical (unpaired) electrons. The van der Waals surface area contributed by atoms with Gasteiger partial charge in [0.1, 0.15) is 30.2 Å². The van der Waals surface area contributed by atoms with Crippen LogP contribution in [0.1, 0.15) is 19.8 Å². The first-order chi connectivity index (χ1) is 8.76. The van der Waals surface area contributed by atoms with Gasteiger partial charge in [0.15, 0.2) is 6.29 Å². The lowest BCUT2D eigenvalue weighted by molar-refractivity contribution is -0.292. The van der Waals surface area contributed by atoms with Crippen molar-refractivity contribution in [3.05, 3.63) is 0 Å². The third-order valence-electron chi connectivity index (χ3n) is 2.82. The molecular weight excluding hydrogens is 280 g/mol. The fourth-order valence-corrected chi connectivity index (χ4v) is 2.43. The van der Waals surface area contributed by atoms with E-state index in [1.54, 1.807) is 0 Å². The van der Waals surface area contributed by atoms with E-state index in [9.17, 15) is 23.7 Å². The molecule has 0 saturated carbocycles. The quantitative estimate of drug-likeness (QED) is 0.344. The Morgan fingerprint density at radius 3 is 2.32 bits per heavy atom. The third kappa shape index (κ3) is 4.95. The SMILES string of the molecule is CCCCOC1O[C@H](CS(=O)(=O)O)[C@@H](O)[C@H](O)[C@H]1O. The van der Waals surface area contributed by atoms with Crippen LogP contribution >= 0.6 is 0 Å². The van der Waals surface area contributed by atoms with E-state index in [4.69, 9.17) is 14.0 Å². The summed E-state index contributed by atoms with van der Waals surface area (Å²) in [6.45, 7) is 2.20. The summed E-state index contributed by atoms with van der Waals surface area (Å²) in [4.78, 5) is 0. The average molecular weight is 300 g/mol. The van der Waals surface area contributed by atoms with Gasteiger partial charge in [0.05, 0.1) is 0 Å². The first-order valence-electron chi connectivity index (χ1n) is 6.02. The van der Waals surface area contributed by atoms with Gasteiger partial charge in [-0.05, 0) is 6.42 Å². The number of aliphatic hydroxyl groups excluding tert-OH is 3. The normalized spacial score (nSPS) is 36.4. The van der Waals surface area contributed by atoms with E-state index in [-0.39, 0.29) is 6.61 Å². The van der Waals surface area contributed by atoms with Crippen LogP contribution in [-0.4, -0.2) is 71.4 Å². The Hall–Kier alpha value is -0.290. The van der Waals surface area contributed by atoms with Gasteiger partial charge in [-0.1, -0.05) is 13.3 Å². The predicted octanol–water partition coefficient (Wildman–Crippen LogP) is -1.50. The van der Waals surface area contributed by atoms with Crippen LogP contribution in [0.4, 0.5) is 0 Å². The van der Waals surface area contributed by atoms with E-state index in [2.05, 4.69) is 0 Å². The lowest BCUT2D eigenvalue weighted by Gasteiger charge is -2.39. The highest BCUT2D eigenvalue weighted by molar-refractivity contribution is 7.85. The van der Waals surface area contributed by atoms with Gasteiger partial charge in [-0.3, -0.25) is 4.55 Å². The number of hydrogen-bond acceptors (Lipinski definition) is 7. The lowest BCUT2D eigenvalue weighted by Crippen LogP contribution is -2.59. The van der Waals surface area contributed by atoms with Crippen LogP contribution in [-0.2, 0) is 19.6 Å². The molecule has 1 saturated heterocycles. The molecule has 1 fully saturated rings. The van der Waals surface area contributed by atoms with Crippen LogP contribution in [0.25, 0.3) is 0 Å². The van der Waals surface area contributed by atoms with Gasteiger partial charge in [0.2, 0.25) is 0 Å². The number of ether oxygens (including phenoxy) is 2. The van der Waals surface area contributed by atoms with E-state index < -0.39 is 46.6 Å². The van der Waals surface area contributed by atoms with Gasteiger partial charge in [0, 0.05) is 6.61 Å². The maximum absolute atomic E-state index is 10.8. The van der Waals surface area contributed by atoms with Crippen molar-refractivity contribution in [1.29, 1.82) is 0 Å². The van der Waals surface area contributed by atoms with E-state index >= 15 is 0 Å². The molecule has 1 heterocycles. The molecule has 5 atom stereocenters. The van der Waals surface area contributed by atoms with Gasteiger partial charge >= 0.3 is 0 Å². The molecule has 0 aromatic heterocycles. The Labute approximate surface area is 111 Å². The Morgan fingerprint density at radius 1 is 1.16 bits per heavy atom. The van der Waals surface area contributed by atoms with Crippen molar-refractivity contribution in [2.24, 2.45) is 0 Å². The fourth-order valence-electron chi connectivity index (χ4n) is 1.74. The van der Waals surface area contributed by atoms with E-state index in [0.29, 0.717) is 6.42 Å². The second kappa shape index (κ2) is 6.93. The van der Waals surface area contributed by atoms with Crippen molar-refractivity contribution >= 4 is 10.1 Å². The summed E-state index contributed by atoms with van der Waals surface area (Å²) in [6.07, 6.45) is -5.76. The summed E-state index contributed by atoms with van der Waals surface area (Å²) in [5.41, 5.74) is 0. The molecule has 1 unspecified atom stereocenters. The highest BCUT2D eigenvalue weighted by Gasteiger charge is 2.45. The second-order valence-electron chi connectivity index (χ2n) is 4.49. The van der Waals surface area contributed by atoms with Gasteiger partial charge in [-0.15, -0.1) is 0 Å². The molecule has 1 aliphatic rings. The van der Waals surface area contributed by atoms with Gasteiger partial charge in [0.25, 0.3) is 10.1 Å². The molecule has 114 valence electrons. The average Bonchev–Trinajstić information content (AvgIpc) is 2.30. The minimum atomic E-state index is -4.38. The number of aliphatic hydroxyl groups is 3. The molecule has 19 heavy (non-hydrogen) atoms. The van der Waals surface area contributed by atoms with E-state index in [0.717, 1.165) is 6.42 Å². The van der Waals surface area contributed by atoms with Crippen LogP contribution in [0.2, 0.25) is 0 Å². The summed E-state index contributed by atoms with van der Waals surface area (Å²) in [5, 5.41) is 28.8. The van der Waals surface area contributed by atoms with Gasteiger partial charge in [-0.25, -0.2) is 0 Å². The first-order valence-corrected chi connectivity index (χ1v) is 7.63. The minimum Gasteiger partial charge on any atom is -0.388 e. The monoisotopic (exact) mass is 300 g/mol. The summed E-state index contributed by atoms with van der Waals surface area (Å²) in [7, 11) is -4.38. The van der Waals surface area contributed by atoms with Crippen molar-refractivity contribution in [2.45, 2.75) is 50.5 Å². The van der Waals surface area contributed by atoms with Crippen molar-refractivity contribution < 1.29 is 37.8 Å². The number of unbranched alkanes of at least 4 members (excludes halogenated alkanes) is 1. The van der Waals surface area contributed by atoms with Crippen LogP contribution in [0.3, 0.4) is 0 Å². The molecule has 0 aromatic carbocycles. The molecule has 0 aliphatic carbocycles. The van der Waals surface area contributed by atoms with Crippen LogP contribution in [0.15, 0.2) is 0 Å².